The average molecular weight is 577 g/mol. The lowest BCUT2D eigenvalue weighted by Gasteiger charge is -2.30. The first kappa shape index (κ1) is 29.9. The van der Waals surface area contributed by atoms with Crippen molar-refractivity contribution in [3.05, 3.63) is 82.3 Å². The highest BCUT2D eigenvalue weighted by Crippen LogP contribution is 2.24. The number of rotatable bonds is 9. The summed E-state index contributed by atoms with van der Waals surface area (Å²) >= 11 is 1.43. The van der Waals surface area contributed by atoms with Crippen molar-refractivity contribution in [1.82, 2.24) is 24.0 Å². The molecule has 2 N–H and O–H groups in total. The quantitative estimate of drug-likeness (QED) is 0.174. The number of aromatic nitrogens is 4. The van der Waals surface area contributed by atoms with Crippen molar-refractivity contribution in [1.29, 1.82) is 0 Å². The zero-order chi connectivity index (χ0) is 29.7. The van der Waals surface area contributed by atoms with Gasteiger partial charge < -0.3 is 15.4 Å². The van der Waals surface area contributed by atoms with E-state index in [0.717, 1.165) is 27.9 Å². The van der Waals surface area contributed by atoms with Crippen LogP contribution in [0.25, 0.3) is 11.2 Å². The van der Waals surface area contributed by atoms with Crippen LogP contribution in [-0.4, -0.2) is 60.4 Å². The van der Waals surface area contributed by atoms with Crippen LogP contribution in [0.1, 0.15) is 45.2 Å². The van der Waals surface area contributed by atoms with Crippen molar-refractivity contribution >= 4 is 40.7 Å². The molecule has 0 aliphatic heterocycles. The summed E-state index contributed by atoms with van der Waals surface area (Å²) < 4.78 is 8.06. The van der Waals surface area contributed by atoms with Crippen LogP contribution < -0.4 is 11.4 Å². The van der Waals surface area contributed by atoms with Gasteiger partial charge in [-0.1, -0.05) is 79.3 Å². The second kappa shape index (κ2) is 12.6. The molecule has 0 fully saturated rings. The largest absolute Gasteiger partial charge is 0.458 e. The van der Waals surface area contributed by atoms with Gasteiger partial charge in [0.15, 0.2) is 16.6 Å². The minimum absolute atomic E-state index is 0.0103. The molecular weight excluding hydrogens is 540 g/mol. The minimum Gasteiger partial charge on any atom is -0.458 e. The lowest BCUT2D eigenvalue weighted by molar-refractivity contribution is -0.159. The fourth-order valence-corrected chi connectivity index (χ4v) is 5.07. The molecule has 2 heterocycles. The van der Waals surface area contributed by atoms with Crippen LogP contribution in [0.4, 0.5) is 10.6 Å². The van der Waals surface area contributed by atoms with Gasteiger partial charge in [0.2, 0.25) is 0 Å². The molecule has 0 saturated heterocycles. The third-order valence-electron chi connectivity index (χ3n) is 6.30. The molecule has 4 aromatic rings. The number of anilines is 1. The Hall–Kier alpha value is -4.12. The van der Waals surface area contributed by atoms with Gasteiger partial charge >= 0.3 is 17.7 Å². The lowest BCUT2D eigenvalue weighted by Crippen LogP contribution is -2.49. The van der Waals surface area contributed by atoms with Crippen molar-refractivity contribution in [2.24, 2.45) is 0 Å². The molecule has 0 saturated carbocycles. The molecule has 11 heteroatoms. The fraction of sp³-hybridized carbons (Fsp3) is 0.367. The number of hydrogen-bond donors (Lipinski definition) is 1. The maximum atomic E-state index is 14.1. The number of nitrogens with zero attached hydrogens (tertiary/aromatic N) is 5. The van der Waals surface area contributed by atoms with Crippen LogP contribution in [0, 0.1) is 0 Å². The average Bonchev–Trinajstić information content (AvgIpc) is 3.21. The Labute approximate surface area is 243 Å². The summed E-state index contributed by atoms with van der Waals surface area (Å²) in [6, 6.07) is 17.0. The van der Waals surface area contributed by atoms with E-state index in [1.165, 1.54) is 28.3 Å². The summed E-state index contributed by atoms with van der Waals surface area (Å²) in [7, 11) is 1.48. The van der Waals surface area contributed by atoms with E-state index in [9.17, 15) is 14.4 Å². The van der Waals surface area contributed by atoms with Crippen LogP contribution >= 0.6 is 11.8 Å². The third-order valence-corrected chi connectivity index (χ3v) is 7.36. The number of thioether (sulfide) groups is 1. The number of fused-ring (bicyclic) bond motifs is 1. The summed E-state index contributed by atoms with van der Waals surface area (Å²) in [6.07, 6.45) is 1.10. The maximum absolute atomic E-state index is 14.1. The van der Waals surface area contributed by atoms with Crippen molar-refractivity contribution in [2.45, 2.75) is 63.9 Å². The Bertz CT molecular complexity index is 1580. The smallest absolute Gasteiger partial charge is 0.339 e. The first-order valence-electron chi connectivity index (χ1n) is 13.5. The number of imidazole rings is 1. The maximum Gasteiger partial charge on any atom is 0.339 e. The van der Waals surface area contributed by atoms with Crippen molar-refractivity contribution in [2.75, 3.05) is 18.5 Å². The van der Waals surface area contributed by atoms with Crippen LogP contribution in [-0.2, 0) is 22.5 Å². The van der Waals surface area contributed by atoms with Gasteiger partial charge in [-0.2, -0.15) is 0 Å². The van der Waals surface area contributed by atoms with Crippen molar-refractivity contribution < 1.29 is 14.3 Å². The number of carbonyl (C=O) groups excluding carboxylic acids is 2. The second-order valence-corrected chi connectivity index (χ2v) is 11.8. The summed E-state index contributed by atoms with van der Waals surface area (Å²) in [5, 5.41) is 0.423. The molecular formula is C30H36N6O4S. The van der Waals surface area contributed by atoms with E-state index < -0.39 is 29.3 Å². The number of nitrogens with two attached hydrogens (primary N) is 1. The predicted molar refractivity (Wildman–Crippen MR) is 161 cm³/mol. The van der Waals surface area contributed by atoms with E-state index in [1.54, 1.807) is 20.8 Å². The van der Waals surface area contributed by atoms with Gasteiger partial charge in [0.25, 0.3) is 0 Å². The third kappa shape index (κ3) is 6.97. The van der Waals surface area contributed by atoms with Gasteiger partial charge in [-0.3, -0.25) is 4.57 Å². The number of nitrogen functional groups attached to an aromatic ring is 1. The molecule has 0 aliphatic rings. The SMILES string of the molecule is CCCSc1nc(N)c2c(n1)n(Cc1ccccc1)c(=O)n2C(=O)N(C)C(Cc1ccccc1)C(=O)OC(C)(C)C. The molecule has 216 valence electrons. The van der Waals surface area contributed by atoms with E-state index in [4.69, 9.17) is 10.5 Å². The van der Waals surface area contributed by atoms with Crippen LogP contribution in [0.2, 0.25) is 0 Å². The number of benzene rings is 2. The normalized spacial score (nSPS) is 12.3. The number of likely N-dealkylation sites (N-methyl/N-ethyl adjacent to an activating group) is 1. The monoisotopic (exact) mass is 576 g/mol. The molecule has 0 radical (unpaired) electrons. The van der Waals surface area contributed by atoms with Crippen LogP contribution in [0.3, 0.4) is 0 Å². The van der Waals surface area contributed by atoms with Crippen molar-refractivity contribution in [3.8, 4) is 0 Å². The van der Waals surface area contributed by atoms with Crippen LogP contribution in [0.5, 0.6) is 0 Å². The van der Waals surface area contributed by atoms with E-state index >= 15 is 0 Å². The van der Waals surface area contributed by atoms with Gasteiger partial charge in [-0.15, -0.1) is 0 Å². The topological polar surface area (TPSA) is 125 Å². The molecule has 1 amide bonds. The molecule has 0 aliphatic carbocycles. The van der Waals surface area contributed by atoms with Gasteiger partial charge in [-0.25, -0.2) is 28.9 Å². The van der Waals surface area contributed by atoms with E-state index in [2.05, 4.69) is 9.97 Å². The molecule has 2 aromatic carbocycles. The fourth-order valence-electron chi connectivity index (χ4n) is 4.37. The summed E-state index contributed by atoms with van der Waals surface area (Å²) in [6.45, 7) is 7.51. The minimum atomic E-state index is -1.01. The molecule has 41 heavy (non-hydrogen) atoms. The summed E-state index contributed by atoms with van der Waals surface area (Å²) in [4.78, 5) is 51.7. The molecule has 1 unspecified atom stereocenters. The second-order valence-electron chi connectivity index (χ2n) is 10.7. The summed E-state index contributed by atoms with van der Waals surface area (Å²) in [5.41, 5.74) is 7.03. The zero-order valence-electron chi connectivity index (χ0n) is 24.0. The van der Waals surface area contributed by atoms with Gasteiger partial charge in [-0.05, 0) is 38.3 Å². The van der Waals surface area contributed by atoms with Gasteiger partial charge in [0.1, 0.15) is 17.2 Å². The zero-order valence-corrected chi connectivity index (χ0v) is 24.9. The van der Waals surface area contributed by atoms with E-state index in [0.29, 0.717) is 5.16 Å². The molecule has 0 bridgehead atoms. The van der Waals surface area contributed by atoms with E-state index in [-0.39, 0.29) is 29.9 Å². The molecule has 1 atom stereocenters. The number of amides is 1. The first-order chi connectivity index (χ1) is 19.5. The van der Waals surface area contributed by atoms with Crippen molar-refractivity contribution in [3.63, 3.8) is 0 Å². The first-order valence-corrected chi connectivity index (χ1v) is 14.5. The standard InChI is InChI=1S/C30H36N6O4S/c1-6-17-41-27-32-24(31)23-25(33-27)35(19-21-15-11-8-12-16-21)29(39)36(23)28(38)34(5)22(26(37)40-30(2,3)4)18-20-13-9-7-10-14-20/h7-16,22H,6,17-19H2,1-5H3,(H2,31,32,33). The number of ether oxygens (including phenoxy) is 1. The predicted octanol–water partition coefficient (Wildman–Crippen LogP) is 4.58. The summed E-state index contributed by atoms with van der Waals surface area (Å²) in [5.74, 6) is 0.199. The lowest BCUT2D eigenvalue weighted by atomic mass is 10.0. The van der Waals surface area contributed by atoms with Gasteiger partial charge in [0, 0.05) is 19.2 Å². The molecule has 2 aromatic heterocycles. The molecule has 0 spiro atoms. The Morgan fingerprint density at radius 3 is 2.22 bits per heavy atom. The Morgan fingerprint density at radius 2 is 1.63 bits per heavy atom. The Balaban J connectivity index is 1.83. The van der Waals surface area contributed by atoms with Crippen LogP contribution in [0.15, 0.2) is 70.6 Å². The van der Waals surface area contributed by atoms with E-state index in [1.807, 2.05) is 67.6 Å². The highest BCUT2D eigenvalue weighted by Gasteiger charge is 2.34. The molecule has 4 rings (SSSR count). The molecule has 10 nitrogen and oxygen atoms in total. The highest BCUT2D eigenvalue weighted by atomic mass is 32.2. The Kier molecular flexibility index (Phi) is 9.17. The number of hydrogen-bond acceptors (Lipinski definition) is 8. The van der Waals surface area contributed by atoms with Gasteiger partial charge in [0.05, 0.1) is 6.54 Å². The number of carbonyl (C=O) groups is 2. The Morgan fingerprint density at radius 1 is 1.02 bits per heavy atom. The highest BCUT2D eigenvalue weighted by molar-refractivity contribution is 7.99. The number of esters is 1.